The van der Waals surface area contributed by atoms with Crippen LogP contribution in [-0.4, -0.2) is 14.2 Å². The average Bonchev–Trinajstić information content (AvgIpc) is 2.84. The molecule has 1 aliphatic rings. The van der Waals surface area contributed by atoms with E-state index >= 15 is 0 Å². The maximum Gasteiger partial charge on any atom is 0.262 e. The number of carbonyl (C=O) groups excluding carboxylic acids is 1. The van der Waals surface area contributed by atoms with Crippen molar-refractivity contribution >= 4 is 32.1 Å². The summed E-state index contributed by atoms with van der Waals surface area (Å²) in [6.07, 6.45) is 3.92. The number of benzene rings is 1. The number of aryl methyl sites for hydroxylation is 2. The molecule has 1 aliphatic carbocycles. The zero-order valence-electron chi connectivity index (χ0n) is 13.2. The number of Topliss-reactive ketones (excluding diaryl/α,β-unsaturated/α-hetero) is 1. The number of hydrogen-bond acceptors (Lipinski definition) is 4. The number of rotatable bonds is 4. The highest BCUT2D eigenvalue weighted by molar-refractivity contribution is 7.93. The molecule has 1 aromatic carbocycles. The molecule has 1 N–H and O–H groups in total. The van der Waals surface area contributed by atoms with Crippen molar-refractivity contribution < 1.29 is 13.2 Å². The van der Waals surface area contributed by atoms with Gasteiger partial charge in [-0.1, -0.05) is 18.2 Å². The molecule has 3 rings (SSSR count). The second-order valence-corrected chi connectivity index (χ2v) is 8.60. The number of nitrogens with one attached hydrogen (secondary N) is 1. The van der Waals surface area contributed by atoms with Crippen LogP contribution in [-0.2, 0) is 22.9 Å². The summed E-state index contributed by atoms with van der Waals surface area (Å²) in [5.74, 6) is -0.0770. The highest BCUT2D eigenvalue weighted by atomic mass is 32.2. The van der Waals surface area contributed by atoms with E-state index in [9.17, 15) is 13.2 Å². The summed E-state index contributed by atoms with van der Waals surface area (Å²) in [4.78, 5) is 13.5. The molecule has 4 nitrogen and oxygen atoms in total. The summed E-state index contributed by atoms with van der Waals surface area (Å²) in [7, 11) is -3.69. The van der Waals surface area contributed by atoms with Crippen molar-refractivity contribution in [1.82, 2.24) is 0 Å². The quantitative estimate of drug-likeness (QED) is 0.851. The molecule has 0 saturated carbocycles. The topological polar surface area (TPSA) is 63.2 Å². The Hall–Kier alpha value is -1.66. The molecule has 0 spiro atoms. The summed E-state index contributed by atoms with van der Waals surface area (Å²) in [5, 5.41) is 0.465. The molecule has 23 heavy (non-hydrogen) atoms. The fourth-order valence-corrected chi connectivity index (χ4v) is 5.94. The summed E-state index contributed by atoms with van der Waals surface area (Å²) in [6, 6.07) is 6.85. The number of hydrogen-bond donors (Lipinski definition) is 1. The second-order valence-electron chi connectivity index (χ2n) is 5.84. The normalized spacial score (nSPS) is 14.3. The van der Waals surface area contributed by atoms with E-state index in [2.05, 4.69) is 4.72 Å². The van der Waals surface area contributed by atoms with Gasteiger partial charge in [0.15, 0.2) is 5.78 Å². The van der Waals surface area contributed by atoms with Crippen LogP contribution >= 0.6 is 11.3 Å². The molecule has 1 aromatic heterocycles. The molecule has 2 aromatic rings. The molecule has 0 atom stereocenters. The van der Waals surface area contributed by atoms with Crippen molar-refractivity contribution in [3.05, 3.63) is 45.8 Å². The van der Waals surface area contributed by atoms with Crippen LogP contribution in [0.4, 0.5) is 5.00 Å². The van der Waals surface area contributed by atoms with Gasteiger partial charge in [0, 0.05) is 4.88 Å². The predicted octanol–water partition coefficient (Wildman–Crippen LogP) is 3.94. The van der Waals surface area contributed by atoms with Crippen molar-refractivity contribution in [2.24, 2.45) is 0 Å². The first-order chi connectivity index (χ1) is 10.9. The molecule has 6 heteroatoms. The van der Waals surface area contributed by atoms with Gasteiger partial charge in [-0.25, -0.2) is 8.42 Å². The van der Waals surface area contributed by atoms with Crippen molar-refractivity contribution in [2.45, 2.75) is 44.4 Å². The SMILES string of the molecule is CC(=O)c1c(NS(=O)(=O)c2ccccc2C)sc2c1CCCC2. The minimum Gasteiger partial charge on any atom is -0.294 e. The van der Waals surface area contributed by atoms with Gasteiger partial charge in [0.1, 0.15) is 5.00 Å². The lowest BCUT2D eigenvalue weighted by Gasteiger charge is -2.12. The first-order valence-electron chi connectivity index (χ1n) is 7.64. The maximum absolute atomic E-state index is 12.7. The summed E-state index contributed by atoms with van der Waals surface area (Å²) < 4.78 is 28.0. The van der Waals surface area contributed by atoms with Crippen LogP contribution in [0.25, 0.3) is 0 Å². The Morgan fingerprint density at radius 2 is 1.87 bits per heavy atom. The van der Waals surface area contributed by atoms with Crippen LogP contribution < -0.4 is 4.72 Å². The highest BCUT2D eigenvalue weighted by Crippen LogP contribution is 2.39. The summed E-state index contributed by atoms with van der Waals surface area (Å²) in [6.45, 7) is 3.27. The third-order valence-electron chi connectivity index (χ3n) is 4.13. The van der Waals surface area contributed by atoms with Crippen molar-refractivity contribution in [3.63, 3.8) is 0 Å². The molecule has 122 valence electrons. The van der Waals surface area contributed by atoms with Crippen LogP contribution in [0.5, 0.6) is 0 Å². The standard InChI is InChI=1S/C17H19NO3S2/c1-11-7-3-6-10-15(11)23(20,21)18-17-16(12(2)19)13-8-4-5-9-14(13)22-17/h3,6-7,10,18H,4-5,8-9H2,1-2H3. The first kappa shape index (κ1) is 16.2. The molecule has 0 radical (unpaired) electrons. The Kier molecular flexibility index (Phi) is 4.29. The molecule has 0 bridgehead atoms. The van der Waals surface area contributed by atoms with E-state index in [1.807, 2.05) is 0 Å². The van der Waals surface area contributed by atoms with Gasteiger partial charge in [-0.3, -0.25) is 9.52 Å². The molecule has 0 unspecified atom stereocenters. The molecule has 0 aliphatic heterocycles. The fourth-order valence-electron chi connectivity index (χ4n) is 3.05. The van der Waals surface area contributed by atoms with Crippen molar-refractivity contribution in [1.29, 1.82) is 0 Å². The number of anilines is 1. The van der Waals surface area contributed by atoms with E-state index in [1.165, 1.54) is 18.3 Å². The first-order valence-corrected chi connectivity index (χ1v) is 9.94. The predicted molar refractivity (Wildman–Crippen MR) is 93.0 cm³/mol. The maximum atomic E-state index is 12.7. The lowest BCUT2D eigenvalue weighted by Crippen LogP contribution is -2.15. The highest BCUT2D eigenvalue weighted by Gasteiger charge is 2.26. The number of ketones is 1. The third kappa shape index (κ3) is 3.05. The van der Waals surface area contributed by atoms with E-state index in [-0.39, 0.29) is 10.7 Å². The Morgan fingerprint density at radius 3 is 2.57 bits per heavy atom. The average molecular weight is 349 g/mol. The lowest BCUT2D eigenvalue weighted by molar-refractivity contribution is 0.101. The Labute approximate surface area is 140 Å². The van der Waals surface area contributed by atoms with E-state index in [0.717, 1.165) is 36.1 Å². The van der Waals surface area contributed by atoms with Crippen LogP contribution in [0, 0.1) is 6.92 Å². The van der Waals surface area contributed by atoms with Crippen LogP contribution in [0.15, 0.2) is 29.2 Å². The van der Waals surface area contributed by atoms with Crippen LogP contribution in [0.2, 0.25) is 0 Å². The molecular formula is C17H19NO3S2. The van der Waals surface area contributed by atoms with Gasteiger partial charge in [0.25, 0.3) is 10.0 Å². The second kappa shape index (κ2) is 6.09. The van der Waals surface area contributed by atoms with Crippen molar-refractivity contribution in [2.75, 3.05) is 4.72 Å². The van der Waals surface area contributed by atoms with Gasteiger partial charge < -0.3 is 0 Å². The third-order valence-corrected chi connectivity index (χ3v) is 6.98. The van der Waals surface area contributed by atoms with Crippen molar-refractivity contribution in [3.8, 4) is 0 Å². The van der Waals surface area contributed by atoms with E-state index in [1.54, 1.807) is 31.2 Å². The molecule has 0 saturated heterocycles. The van der Waals surface area contributed by atoms with E-state index in [4.69, 9.17) is 0 Å². The molecule has 0 amide bonds. The zero-order chi connectivity index (χ0) is 16.6. The Morgan fingerprint density at radius 1 is 1.17 bits per heavy atom. The van der Waals surface area contributed by atoms with E-state index in [0.29, 0.717) is 16.1 Å². The minimum atomic E-state index is -3.69. The number of carbonyl (C=O) groups is 1. The van der Waals surface area contributed by atoms with Gasteiger partial charge >= 0.3 is 0 Å². The van der Waals surface area contributed by atoms with Crippen LogP contribution in [0.1, 0.15) is 46.1 Å². The van der Waals surface area contributed by atoms with Gasteiger partial charge in [-0.15, -0.1) is 11.3 Å². The zero-order valence-corrected chi connectivity index (χ0v) is 14.8. The minimum absolute atomic E-state index is 0.0770. The Balaban J connectivity index is 2.05. The smallest absolute Gasteiger partial charge is 0.262 e. The van der Waals surface area contributed by atoms with Crippen LogP contribution in [0.3, 0.4) is 0 Å². The summed E-state index contributed by atoms with van der Waals surface area (Å²) >= 11 is 1.41. The van der Waals surface area contributed by atoms with Gasteiger partial charge in [0.2, 0.25) is 0 Å². The monoisotopic (exact) mass is 349 g/mol. The Bertz CT molecular complexity index is 866. The van der Waals surface area contributed by atoms with Gasteiger partial charge in [-0.05, 0) is 56.7 Å². The van der Waals surface area contributed by atoms with Gasteiger partial charge in [-0.2, -0.15) is 0 Å². The van der Waals surface area contributed by atoms with Gasteiger partial charge in [0.05, 0.1) is 10.5 Å². The number of sulfonamides is 1. The molecule has 0 fully saturated rings. The fraction of sp³-hybridized carbons (Fsp3) is 0.353. The summed E-state index contributed by atoms with van der Waals surface area (Å²) in [5.41, 5.74) is 2.28. The molecular weight excluding hydrogens is 330 g/mol. The molecule has 1 heterocycles. The van der Waals surface area contributed by atoms with E-state index < -0.39 is 10.0 Å². The lowest BCUT2D eigenvalue weighted by atomic mass is 9.94. The number of fused-ring (bicyclic) bond motifs is 1. The number of thiophene rings is 1. The largest absolute Gasteiger partial charge is 0.294 e.